The number of carbonyl (C=O) groups is 1. The molecule has 0 saturated carbocycles. The first kappa shape index (κ1) is 18.8. The molecule has 0 aliphatic carbocycles. The SMILES string of the molecule is O=C(NCc1ccc(Cl)cc1)c1c[nH]c(=O)n(Cc2ccc3c(c2)OCO3)c1=O. The van der Waals surface area contributed by atoms with E-state index in [1.807, 2.05) is 0 Å². The van der Waals surface area contributed by atoms with Crippen LogP contribution in [-0.4, -0.2) is 22.3 Å². The Morgan fingerprint density at radius 2 is 1.79 bits per heavy atom. The molecule has 0 saturated heterocycles. The molecule has 0 spiro atoms. The second-order valence-electron chi connectivity index (χ2n) is 6.40. The number of aromatic nitrogens is 2. The summed E-state index contributed by atoms with van der Waals surface area (Å²) in [5.74, 6) is 0.565. The third-order valence-corrected chi connectivity index (χ3v) is 4.70. The number of ether oxygens (including phenoxy) is 2. The molecule has 0 unspecified atom stereocenters. The summed E-state index contributed by atoms with van der Waals surface area (Å²) in [6.45, 7) is 0.336. The van der Waals surface area contributed by atoms with E-state index in [-0.39, 0.29) is 25.4 Å². The smallest absolute Gasteiger partial charge is 0.328 e. The Morgan fingerprint density at radius 3 is 2.59 bits per heavy atom. The molecule has 0 radical (unpaired) electrons. The van der Waals surface area contributed by atoms with Crippen LogP contribution >= 0.6 is 11.6 Å². The van der Waals surface area contributed by atoms with Gasteiger partial charge in [-0.3, -0.25) is 14.2 Å². The topological polar surface area (TPSA) is 102 Å². The van der Waals surface area contributed by atoms with Gasteiger partial charge in [-0.25, -0.2) is 4.79 Å². The maximum Gasteiger partial charge on any atom is 0.328 e. The molecular formula is C20H16ClN3O5. The zero-order valence-electron chi connectivity index (χ0n) is 15.1. The first-order valence-corrected chi connectivity index (χ1v) is 9.13. The maximum absolute atomic E-state index is 12.7. The molecule has 2 heterocycles. The second-order valence-corrected chi connectivity index (χ2v) is 6.83. The van der Waals surface area contributed by atoms with Gasteiger partial charge in [0.25, 0.3) is 11.5 Å². The molecule has 0 atom stereocenters. The lowest BCUT2D eigenvalue weighted by molar-refractivity contribution is 0.0948. The predicted octanol–water partition coefficient (Wildman–Crippen LogP) is 1.90. The number of benzene rings is 2. The van der Waals surface area contributed by atoms with E-state index in [1.165, 1.54) is 0 Å². The lowest BCUT2D eigenvalue weighted by Crippen LogP contribution is -2.40. The fourth-order valence-corrected chi connectivity index (χ4v) is 3.05. The monoisotopic (exact) mass is 413 g/mol. The molecule has 1 amide bonds. The summed E-state index contributed by atoms with van der Waals surface area (Å²) in [7, 11) is 0. The number of carbonyl (C=O) groups excluding carboxylic acids is 1. The maximum atomic E-state index is 12.7. The normalized spacial score (nSPS) is 12.0. The Bertz CT molecular complexity index is 1180. The molecule has 4 rings (SSSR count). The van der Waals surface area contributed by atoms with Crippen molar-refractivity contribution in [3.63, 3.8) is 0 Å². The van der Waals surface area contributed by atoms with Crippen molar-refractivity contribution < 1.29 is 14.3 Å². The fraction of sp³-hybridized carbons (Fsp3) is 0.150. The van der Waals surface area contributed by atoms with E-state index in [4.69, 9.17) is 21.1 Å². The number of aromatic amines is 1. The lowest BCUT2D eigenvalue weighted by Gasteiger charge is -2.09. The van der Waals surface area contributed by atoms with Crippen LogP contribution in [0.4, 0.5) is 0 Å². The van der Waals surface area contributed by atoms with Crippen molar-refractivity contribution in [2.45, 2.75) is 13.1 Å². The van der Waals surface area contributed by atoms with E-state index in [9.17, 15) is 14.4 Å². The van der Waals surface area contributed by atoms with Crippen molar-refractivity contribution in [1.29, 1.82) is 0 Å². The van der Waals surface area contributed by atoms with Crippen LogP contribution in [0.3, 0.4) is 0 Å². The molecule has 8 nitrogen and oxygen atoms in total. The molecule has 0 bridgehead atoms. The van der Waals surface area contributed by atoms with Crippen LogP contribution in [0.5, 0.6) is 11.5 Å². The fourth-order valence-electron chi connectivity index (χ4n) is 2.92. The van der Waals surface area contributed by atoms with E-state index in [0.29, 0.717) is 22.1 Å². The van der Waals surface area contributed by atoms with Gasteiger partial charge in [-0.1, -0.05) is 29.8 Å². The summed E-state index contributed by atoms with van der Waals surface area (Å²) in [5.41, 5.74) is 0.0506. The number of amides is 1. The molecule has 2 N–H and O–H groups in total. The quantitative estimate of drug-likeness (QED) is 0.665. The number of fused-ring (bicyclic) bond motifs is 1. The Morgan fingerprint density at radius 1 is 1.07 bits per heavy atom. The average molecular weight is 414 g/mol. The minimum atomic E-state index is -0.681. The standard InChI is InChI=1S/C20H16ClN3O5/c21-14-4-1-12(2-5-14)8-22-18(25)15-9-23-20(27)24(19(15)26)10-13-3-6-16-17(7-13)29-11-28-16/h1-7,9H,8,10-11H2,(H,22,25)(H,23,27). The molecule has 29 heavy (non-hydrogen) atoms. The van der Waals surface area contributed by atoms with Gasteiger partial charge in [0, 0.05) is 17.8 Å². The van der Waals surface area contributed by atoms with Crippen LogP contribution in [0.2, 0.25) is 5.02 Å². The van der Waals surface area contributed by atoms with Gasteiger partial charge in [-0.05, 0) is 35.4 Å². The summed E-state index contributed by atoms with van der Waals surface area (Å²) in [6.07, 6.45) is 1.12. The first-order valence-electron chi connectivity index (χ1n) is 8.75. The molecule has 148 valence electrons. The Kier molecular flexibility index (Phi) is 5.09. The zero-order valence-corrected chi connectivity index (χ0v) is 15.9. The molecule has 0 fully saturated rings. The Labute approximate surface area is 169 Å². The van der Waals surface area contributed by atoms with Gasteiger partial charge >= 0.3 is 5.69 Å². The van der Waals surface area contributed by atoms with Crippen LogP contribution in [0.15, 0.2) is 58.3 Å². The highest BCUT2D eigenvalue weighted by atomic mass is 35.5. The number of halogens is 1. The molecule has 1 aliphatic rings. The van der Waals surface area contributed by atoms with Crippen molar-refractivity contribution >= 4 is 17.5 Å². The van der Waals surface area contributed by atoms with Crippen LogP contribution in [0, 0.1) is 0 Å². The van der Waals surface area contributed by atoms with E-state index in [2.05, 4.69) is 10.3 Å². The van der Waals surface area contributed by atoms with Crippen molar-refractivity contribution in [1.82, 2.24) is 14.9 Å². The predicted molar refractivity (Wildman–Crippen MR) is 106 cm³/mol. The van der Waals surface area contributed by atoms with Crippen molar-refractivity contribution in [2.75, 3.05) is 6.79 Å². The molecule has 1 aromatic heterocycles. The van der Waals surface area contributed by atoms with Crippen molar-refractivity contribution in [3.8, 4) is 11.5 Å². The van der Waals surface area contributed by atoms with Gasteiger partial charge in [0.05, 0.1) is 6.54 Å². The zero-order chi connectivity index (χ0) is 20.4. The largest absolute Gasteiger partial charge is 0.454 e. The van der Waals surface area contributed by atoms with E-state index < -0.39 is 17.2 Å². The number of H-pyrrole nitrogens is 1. The summed E-state index contributed by atoms with van der Waals surface area (Å²) in [5, 5.41) is 3.26. The van der Waals surface area contributed by atoms with Gasteiger partial charge in [0.2, 0.25) is 6.79 Å². The minimum absolute atomic E-state index is 0.0108. The van der Waals surface area contributed by atoms with Crippen molar-refractivity contribution in [2.24, 2.45) is 0 Å². The van der Waals surface area contributed by atoms with Crippen LogP contribution < -0.4 is 26.0 Å². The summed E-state index contributed by atoms with van der Waals surface area (Å²) in [4.78, 5) is 39.8. The van der Waals surface area contributed by atoms with Gasteiger partial charge in [0.1, 0.15) is 5.56 Å². The van der Waals surface area contributed by atoms with Gasteiger partial charge < -0.3 is 19.8 Å². The lowest BCUT2D eigenvalue weighted by atomic mass is 10.2. The highest BCUT2D eigenvalue weighted by molar-refractivity contribution is 6.30. The van der Waals surface area contributed by atoms with E-state index in [0.717, 1.165) is 16.3 Å². The average Bonchev–Trinajstić information content (AvgIpc) is 3.18. The molecular weight excluding hydrogens is 398 g/mol. The third kappa shape index (κ3) is 4.02. The van der Waals surface area contributed by atoms with Crippen molar-refractivity contribution in [3.05, 3.63) is 91.2 Å². The van der Waals surface area contributed by atoms with Gasteiger partial charge in [0.15, 0.2) is 11.5 Å². The van der Waals surface area contributed by atoms with Gasteiger partial charge in [-0.15, -0.1) is 0 Å². The highest BCUT2D eigenvalue weighted by Crippen LogP contribution is 2.32. The summed E-state index contributed by atoms with van der Waals surface area (Å²) >= 11 is 5.84. The number of hydrogen-bond donors (Lipinski definition) is 2. The van der Waals surface area contributed by atoms with Gasteiger partial charge in [-0.2, -0.15) is 0 Å². The number of rotatable bonds is 5. The molecule has 1 aliphatic heterocycles. The summed E-state index contributed by atoms with van der Waals surface area (Å²) < 4.78 is 11.5. The molecule has 9 heteroatoms. The van der Waals surface area contributed by atoms with Crippen LogP contribution in [0.25, 0.3) is 0 Å². The van der Waals surface area contributed by atoms with E-state index in [1.54, 1.807) is 42.5 Å². The van der Waals surface area contributed by atoms with Crippen LogP contribution in [-0.2, 0) is 13.1 Å². The number of nitrogens with one attached hydrogen (secondary N) is 2. The highest BCUT2D eigenvalue weighted by Gasteiger charge is 2.17. The molecule has 2 aromatic carbocycles. The number of hydrogen-bond acceptors (Lipinski definition) is 5. The Balaban J connectivity index is 1.54. The summed E-state index contributed by atoms with van der Waals surface area (Å²) in [6, 6.07) is 12.1. The first-order chi connectivity index (χ1) is 14.0. The second kappa shape index (κ2) is 7.84. The van der Waals surface area contributed by atoms with Crippen LogP contribution in [0.1, 0.15) is 21.5 Å². The molecule has 3 aromatic rings. The van der Waals surface area contributed by atoms with E-state index >= 15 is 0 Å². The third-order valence-electron chi connectivity index (χ3n) is 4.45. The Hall–Kier alpha value is -3.52. The number of nitrogens with zero attached hydrogens (tertiary/aromatic N) is 1. The minimum Gasteiger partial charge on any atom is -0.454 e.